The van der Waals surface area contributed by atoms with Gasteiger partial charge in [0.2, 0.25) is 5.91 Å². The van der Waals surface area contributed by atoms with E-state index in [0.717, 1.165) is 18.7 Å². The summed E-state index contributed by atoms with van der Waals surface area (Å²) < 4.78 is 0. The molecule has 2 aromatic carbocycles. The van der Waals surface area contributed by atoms with Crippen molar-refractivity contribution in [3.05, 3.63) is 75.3 Å². The van der Waals surface area contributed by atoms with Crippen molar-refractivity contribution in [2.24, 2.45) is 0 Å². The lowest BCUT2D eigenvalue weighted by Crippen LogP contribution is -2.51. The summed E-state index contributed by atoms with van der Waals surface area (Å²) in [5, 5.41) is 10.9. The Morgan fingerprint density at radius 3 is 2.40 bits per heavy atom. The highest BCUT2D eigenvalue weighted by Gasteiger charge is 2.51. The van der Waals surface area contributed by atoms with Gasteiger partial charge in [-0.3, -0.25) is 19.8 Å². The quantitative estimate of drug-likeness (QED) is 0.553. The molecule has 0 N–H and O–H groups in total. The lowest BCUT2D eigenvalue weighted by molar-refractivity contribution is -0.384. The summed E-state index contributed by atoms with van der Waals surface area (Å²) in [6, 6.07) is 15.1. The van der Waals surface area contributed by atoms with Crippen LogP contribution in [0.25, 0.3) is 0 Å². The van der Waals surface area contributed by atoms with E-state index >= 15 is 0 Å². The van der Waals surface area contributed by atoms with Gasteiger partial charge < -0.3 is 4.90 Å². The van der Waals surface area contributed by atoms with Gasteiger partial charge in [-0.15, -0.1) is 0 Å². The fraction of sp³-hybridized carbons (Fsp3) is 0.458. The van der Waals surface area contributed by atoms with Crippen LogP contribution in [0.3, 0.4) is 0 Å². The molecule has 1 amide bonds. The highest BCUT2D eigenvalue weighted by molar-refractivity contribution is 5.79. The van der Waals surface area contributed by atoms with Gasteiger partial charge in [0.25, 0.3) is 5.69 Å². The van der Waals surface area contributed by atoms with Crippen molar-refractivity contribution >= 4 is 11.6 Å². The van der Waals surface area contributed by atoms with E-state index in [-0.39, 0.29) is 35.5 Å². The van der Waals surface area contributed by atoms with Gasteiger partial charge >= 0.3 is 0 Å². The number of non-ortho nitro benzene ring substituents is 1. The van der Waals surface area contributed by atoms with E-state index in [0.29, 0.717) is 0 Å². The van der Waals surface area contributed by atoms with Crippen molar-refractivity contribution in [2.45, 2.75) is 50.6 Å². The molecule has 0 radical (unpaired) electrons. The summed E-state index contributed by atoms with van der Waals surface area (Å²) >= 11 is 0. The third-order valence-electron chi connectivity index (χ3n) is 6.86. The molecule has 0 saturated carbocycles. The fourth-order valence-corrected chi connectivity index (χ4v) is 5.37. The molecule has 158 valence electrons. The molecule has 0 spiro atoms. The molecule has 0 unspecified atom stereocenters. The van der Waals surface area contributed by atoms with Crippen LogP contribution >= 0.6 is 0 Å². The molecule has 2 aromatic rings. The summed E-state index contributed by atoms with van der Waals surface area (Å²) in [5.74, 6) is 0.0407. The van der Waals surface area contributed by atoms with Crippen molar-refractivity contribution in [2.75, 3.05) is 20.1 Å². The van der Waals surface area contributed by atoms with Gasteiger partial charge in [0.05, 0.1) is 23.4 Å². The van der Waals surface area contributed by atoms with Crippen LogP contribution in [0, 0.1) is 10.1 Å². The van der Waals surface area contributed by atoms with E-state index in [9.17, 15) is 14.9 Å². The molecule has 2 atom stereocenters. The Balaban J connectivity index is 1.61. The van der Waals surface area contributed by atoms with Crippen LogP contribution in [0.4, 0.5) is 5.69 Å². The number of hydrogen-bond acceptors (Lipinski definition) is 4. The molecule has 6 heteroatoms. The van der Waals surface area contributed by atoms with Crippen molar-refractivity contribution in [1.29, 1.82) is 0 Å². The number of nitro benzene ring substituents is 1. The number of likely N-dealkylation sites (N-methyl/N-ethyl adjacent to an activating group) is 1. The average Bonchev–Trinajstić information content (AvgIpc) is 3.33. The summed E-state index contributed by atoms with van der Waals surface area (Å²) in [4.78, 5) is 28.2. The summed E-state index contributed by atoms with van der Waals surface area (Å²) in [5.41, 5.74) is 3.33. The summed E-state index contributed by atoms with van der Waals surface area (Å²) in [6.45, 7) is 6.61. The molecule has 0 bridgehead atoms. The monoisotopic (exact) mass is 407 g/mol. The summed E-state index contributed by atoms with van der Waals surface area (Å²) in [7, 11) is 1.91. The van der Waals surface area contributed by atoms with Gasteiger partial charge in [-0.05, 0) is 42.6 Å². The largest absolute Gasteiger partial charge is 0.340 e. The first-order valence-corrected chi connectivity index (χ1v) is 10.6. The van der Waals surface area contributed by atoms with Crippen LogP contribution < -0.4 is 0 Å². The van der Waals surface area contributed by atoms with E-state index in [4.69, 9.17) is 0 Å². The maximum atomic E-state index is 13.3. The van der Waals surface area contributed by atoms with E-state index in [1.54, 1.807) is 12.1 Å². The van der Waals surface area contributed by atoms with Crippen molar-refractivity contribution < 1.29 is 9.72 Å². The van der Waals surface area contributed by atoms with Gasteiger partial charge in [-0.2, -0.15) is 0 Å². The average molecular weight is 408 g/mol. The van der Waals surface area contributed by atoms with E-state index in [1.165, 1.54) is 36.1 Å². The topological polar surface area (TPSA) is 66.7 Å². The fourth-order valence-electron chi connectivity index (χ4n) is 5.37. The van der Waals surface area contributed by atoms with Crippen molar-refractivity contribution in [1.82, 2.24) is 9.80 Å². The number of fused-ring (bicyclic) bond motifs is 1. The normalized spacial score (nSPS) is 22.6. The zero-order valence-electron chi connectivity index (χ0n) is 17.9. The number of carbonyl (C=O) groups is 1. The molecule has 1 saturated heterocycles. The van der Waals surface area contributed by atoms with Crippen LogP contribution in [0.2, 0.25) is 0 Å². The Hall–Kier alpha value is -2.73. The van der Waals surface area contributed by atoms with Crippen LogP contribution in [0.1, 0.15) is 49.4 Å². The Morgan fingerprint density at radius 1 is 1.13 bits per heavy atom. The third-order valence-corrected chi connectivity index (χ3v) is 6.86. The smallest absolute Gasteiger partial charge is 0.269 e. The third kappa shape index (κ3) is 3.49. The van der Waals surface area contributed by atoms with Crippen molar-refractivity contribution in [3.63, 3.8) is 0 Å². The first-order valence-electron chi connectivity index (χ1n) is 10.6. The SMILES string of the molecule is CN(C(=O)Cc1ccc([N+](=O)[O-])cc1)[C@@H]1[C@@H](N2CCCC2)c2ccccc2C1(C)C. The molecule has 1 heterocycles. The summed E-state index contributed by atoms with van der Waals surface area (Å²) in [6.07, 6.45) is 2.64. The second kappa shape index (κ2) is 7.84. The van der Waals surface area contributed by atoms with Crippen LogP contribution in [-0.2, 0) is 16.6 Å². The first kappa shape index (κ1) is 20.5. The van der Waals surface area contributed by atoms with Crippen LogP contribution in [0.15, 0.2) is 48.5 Å². The minimum Gasteiger partial charge on any atom is -0.340 e. The molecule has 2 aliphatic rings. The van der Waals surface area contributed by atoms with Crippen LogP contribution in [-0.4, -0.2) is 46.8 Å². The van der Waals surface area contributed by atoms with Gasteiger partial charge in [0, 0.05) is 24.6 Å². The predicted octanol–water partition coefficient (Wildman–Crippen LogP) is 4.09. The number of amides is 1. The zero-order valence-corrected chi connectivity index (χ0v) is 17.9. The standard InChI is InChI=1S/C24H29N3O3/c1-24(2)20-9-5-4-8-19(20)22(26-14-6-7-15-26)23(24)25(3)21(28)16-17-10-12-18(13-11-17)27(29)30/h4-5,8-13,22-23H,6-7,14-16H2,1-3H3/t22-,23+/m0/s1. The number of nitro groups is 1. The highest BCUT2D eigenvalue weighted by Crippen LogP contribution is 2.50. The van der Waals surface area contributed by atoms with Crippen LogP contribution in [0.5, 0.6) is 0 Å². The van der Waals surface area contributed by atoms with Crippen molar-refractivity contribution in [3.8, 4) is 0 Å². The molecule has 1 fully saturated rings. The van der Waals surface area contributed by atoms with E-state index in [2.05, 4.69) is 43.0 Å². The maximum absolute atomic E-state index is 13.3. The number of benzene rings is 2. The van der Waals surface area contributed by atoms with E-state index in [1.807, 2.05) is 11.9 Å². The number of nitrogens with zero attached hydrogens (tertiary/aromatic N) is 3. The van der Waals surface area contributed by atoms with Gasteiger partial charge in [-0.25, -0.2) is 0 Å². The van der Waals surface area contributed by atoms with Gasteiger partial charge in [0.1, 0.15) is 0 Å². The first-order chi connectivity index (χ1) is 14.3. The number of hydrogen-bond donors (Lipinski definition) is 0. The Labute approximate surface area is 177 Å². The van der Waals surface area contributed by atoms with Gasteiger partial charge in [-0.1, -0.05) is 50.2 Å². The predicted molar refractivity (Wildman–Crippen MR) is 116 cm³/mol. The molecule has 30 heavy (non-hydrogen) atoms. The second-order valence-corrected chi connectivity index (χ2v) is 9.05. The molecule has 4 rings (SSSR count). The lowest BCUT2D eigenvalue weighted by Gasteiger charge is -2.41. The molecule has 6 nitrogen and oxygen atoms in total. The second-order valence-electron chi connectivity index (χ2n) is 9.05. The highest BCUT2D eigenvalue weighted by atomic mass is 16.6. The molecule has 1 aliphatic carbocycles. The Bertz CT molecular complexity index is 948. The van der Waals surface area contributed by atoms with E-state index < -0.39 is 4.92 Å². The Kier molecular flexibility index (Phi) is 5.36. The lowest BCUT2D eigenvalue weighted by atomic mass is 9.81. The molecule has 1 aliphatic heterocycles. The molecule has 0 aromatic heterocycles. The minimum absolute atomic E-state index is 0.0403. The number of carbonyl (C=O) groups excluding carboxylic acids is 1. The molecular weight excluding hydrogens is 378 g/mol. The number of rotatable bonds is 5. The number of likely N-dealkylation sites (tertiary alicyclic amines) is 1. The Morgan fingerprint density at radius 2 is 1.77 bits per heavy atom. The zero-order chi connectivity index (χ0) is 21.5. The molecular formula is C24H29N3O3. The maximum Gasteiger partial charge on any atom is 0.269 e. The minimum atomic E-state index is -0.420. The van der Waals surface area contributed by atoms with Gasteiger partial charge in [0.15, 0.2) is 0 Å².